The van der Waals surface area contributed by atoms with E-state index < -0.39 is 5.60 Å². The Bertz CT molecular complexity index is 606. The Balaban J connectivity index is 1.88. The van der Waals surface area contributed by atoms with Crippen molar-refractivity contribution in [2.45, 2.75) is 38.8 Å². The van der Waals surface area contributed by atoms with Crippen LogP contribution in [0.1, 0.15) is 32.4 Å². The standard InChI is InChI=1S/C14H21N5O2/c1-3-14(21,4-2)10-17-13(20)16-9-11-5-7-15-12-6-8-18-19(11)12/h5-8,21H,3-4,9-10H2,1-2H3,(H2,16,17,20). The highest BCUT2D eigenvalue weighted by atomic mass is 16.3. The second kappa shape index (κ2) is 6.53. The fourth-order valence-electron chi connectivity index (χ4n) is 2.00. The van der Waals surface area contributed by atoms with Crippen molar-refractivity contribution in [3.63, 3.8) is 0 Å². The molecule has 0 saturated heterocycles. The van der Waals surface area contributed by atoms with Gasteiger partial charge >= 0.3 is 6.03 Å². The van der Waals surface area contributed by atoms with Crippen LogP contribution >= 0.6 is 0 Å². The molecule has 3 N–H and O–H groups in total. The number of urea groups is 1. The van der Waals surface area contributed by atoms with Crippen molar-refractivity contribution in [3.05, 3.63) is 30.2 Å². The number of nitrogens with zero attached hydrogens (tertiary/aromatic N) is 3. The fourth-order valence-corrected chi connectivity index (χ4v) is 2.00. The van der Waals surface area contributed by atoms with Crippen LogP contribution in [-0.4, -0.2) is 37.9 Å². The third-order valence-electron chi connectivity index (χ3n) is 3.69. The highest BCUT2D eigenvalue weighted by Crippen LogP contribution is 2.12. The zero-order chi connectivity index (χ0) is 15.3. The maximum atomic E-state index is 11.8. The lowest BCUT2D eigenvalue weighted by Gasteiger charge is -2.25. The molecule has 0 aromatic carbocycles. The molecule has 0 fully saturated rings. The summed E-state index contributed by atoms with van der Waals surface area (Å²) in [6.07, 6.45) is 4.54. The average Bonchev–Trinajstić information content (AvgIpc) is 2.99. The number of rotatable bonds is 6. The van der Waals surface area contributed by atoms with Gasteiger partial charge in [0.2, 0.25) is 0 Å². The summed E-state index contributed by atoms with van der Waals surface area (Å²) in [5.41, 5.74) is 0.728. The summed E-state index contributed by atoms with van der Waals surface area (Å²) in [5, 5.41) is 19.7. The van der Waals surface area contributed by atoms with Crippen molar-refractivity contribution < 1.29 is 9.90 Å². The molecule has 2 heterocycles. The molecule has 7 nitrogen and oxygen atoms in total. The van der Waals surface area contributed by atoms with E-state index in [1.807, 2.05) is 13.8 Å². The van der Waals surface area contributed by atoms with Gasteiger partial charge in [0.15, 0.2) is 5.65 Å². The van der Waals surface area contributed by atoms with Crippen molar-refractivity contribution in [1.82, 2.24) is 25.2 Å². The van der Waals surface area contributed by atoms with Gasteiger partial charge in [-0.15, -0.1) is 0 Å². The Morgan fingerprint density at radius 3 is 2.76 bits per heavy atom. The van der Waals surface area contributed by atoms with E-state index in [-0.39, 0.29) is 12.6 Å². The highest BCUT2D eigenvalue weighted by molar-refractivity contribution is 5.73. The summed E-state index contributed by atoms with van der Waals surface area (Å²) in [7, 11) is 0. The number of fused-ring (bicyclic) bond motifs is 1. The van der Waals surface area contributed by atoms with Crippen molar-refractivity contribution in [1.29, 1.82) is 0 Å². The third-order valence-corrected chi connectivity index (χ3v) is 3.69. The average molecular weight is 291 g/mol. The minimum atomic E-state index is -0.844. The molecule has 0 aliphatic carbocycles. The smallest absolute Gasteiger partial charge is 0.315 e. The summed E-state index contributed by atoms with van der Waals surface area (Å²) in [6, 6.07) is 3.29. The molecule has 7 heteroatoms. The van der Waals surface area contributed by atoms with Crippen LogP contribution in [0, 0.1) is 0 Å². The maximum absolute atomic E-state index is 11.8. The first-order valence-corrected chi connectivity index (χ1v) is 7.09. The number of carbonyl (C=O) groups is 1. The topological polar surface area (TPSA) is 91.5 Å². The zero-order valence-electron chi connectivity index (χ0n) is 12.3. The molecule has 0 unspecified atom stereocenters. The predicted molar refractivity (Wildman–Crippen MR) is 78.8 cm³/mol. The number of aromatic nitrogens is 3. The van der Waals surface area contributed by atoms with Gasteiger partial charge in [-0.2, -0.15) is 5.10 Å². The Kier molecular flexibility index (Phi) is 4.74. The van der Waals surface area contributed by atoms with Gasteiger partial charge in [-0.1, -0.05) is 13.8 Å². The van der Waals surface area contributed by atoms with Crippen LogP contribution in [0.3, 0.4) is 0 Å². The van der Waals surface area contributed by atoms with Gasteiger partial charge in [0.1, 0.15) is 0 Å². The van der Waals surface area contributed by atoms with Crippen molar-refractivity contribution in [2.24, 2.45) is 0 Å². The maximum Gasteiger partial charge on any atom is 0.315 e. The van der Waals surface area contributed by atoms with Gasteiger partial charge in [-0.3, -0.25) is 0 Å². The highest BCUT2D eigenvalue weighted by Gasteiger charge is 2.22. The lowest BCUT2D eigenvalue weighted by Crippen LogP contribution is -2.45. The van der Waals surface area contributed by atoms with E-state index in [4.69, 9.17) is 0 Å². The van der Waals surface area contributed by atoms with Gasteiger partial charge in [0, 0.05) is 18.8 Å². The Labute approximate surface area is 123 Å². The summed E-state index contributed by atoms with van der Waals surface area (Å²) >= 11 is 0. The van der Waals surface area contributed by atoms with E-state index in [0.29, 0.717) is 19.4 Å². The van der Waals surface area contributed by atoms with Crippen LogP contribution < -0.4 is 10.6 Å². The molecule has 0 bridgehead atoms. The number of amides is 2. The van der Waals surface area contributed by atoms with E-state index in [9.17, 15) is 9.90 Å². The SMILES string of the molecule is CCC(O)(CC)CNC(=O)NCc1ccnc2ccnn12. The Morgan fingerprint density at radius 2 is 2.05 bits per heavy atom. The normalized spacial score (nSPS) is 11.6. The Hall–Kier alpha value is -2.15. The number of carbonyl (C=O) groups excluding carboxylic acids is 1. The quantitative estimate of drug-likeness (QED) is 0.742. The molecule has 2 aromatic heterocycles. The number of hydrogen-bond donors (Lipinski definition) is 3. The zero-order valence-corrected chi connectivity index (χ0v) is 12.3. The van der Waals surface area contributed by atoms with Gasteiger partial charge in [0.05, 0.1) is 24.0 Å². The molecule has 0 saturated carbocycles. The van der Waals surface area contributed by atoms with Gasteiger partial charge in [-0.25, -0.2) is 14.3 Å². The molecule has 2 rings (SSSR count). The van der Waals surface area contributed by atoms with Gasteiger partial charge < -0.3 is 15.7 Å². The molecule has 0 aliphatic heterocycles. The summed E-state index contributed by atoms with van der Waals surface area (Å²) in [4.78, 5) is 15.9. The van der Waals surface area contributed by atoms with Crippen LogP contribution in [0.4, 0.5) is 4.79 Å². The number of hydrogen-bond acceptors (Lipinski definition) is 4. The largest absolute Gasteiger partial charge is 0.388 e. The first-order chi connectivity index (χ1) is 10.1. The van der Waals surface area contributed by atoms with E-state index >= 15 is 0 Å². The van der Waals surface area contributed by atoms with Crippen LogP contribution in [0.15, 0.2) is 24.5 Å². The minimum Gasteiger partial charge on any atom is -0.388 e. The summed E-state index contributed by atoms with van der Waals surface area (Å²) < 4.78 is 1.68. The number of nitrogens with one attached hydrogen (secondary N) is 2. The molecule has 0 radical (unpaired) electrons. The van der Waals surface area contributed by atoms with Crippen LogP contribution in [-0.2, 0) is 6.54 Å². The Morgan fingerprint density at radius 1 is 1.29 bits per heavy atom. The molecule has 0 spiro atoms. The van der Waals surface area contributed by atoms with Crippen molar-refractivity contribution in [2.75, 3.05) is 6.54 Å². The minimum absolute atomic E-state index is 0.235. The van der Waals surface area contributed by atoms with Crippen LogP contribution in [0.25, 0.3) is 5.65 Å². The molecule has 0 aliphatic rings. The summed E-state index contributed by atoms with van der Waals surface area (Å²) in [5.74, 6) is 0. The van der Waals surface area contributed by atoms with E-state index in [2.05, 4.69) is 20.7 Å². The number of aliphatic hydroxyl groups is 1. The monoisotopic (exact) mass is 291 g/mol. The fraction of sp³-hybridized carbons (Fsp3) is 0.500. The van der Waals surface area contributed by atoms with Crippen LogP contribution in [0.2, 0.25) is 0 Å². The first kappa shape index (κ1) is 15.2. The molecule has 21 heavy (non-hydrogen) atoms. The predicted octanol–water partition coefficient (Wildman–Crippen LogP) is 1.08. The molecule has 114 valence electrons. The van der Waals surface area contributed by atoms with Crippen LogP contribution in [0.5, 0.6) is 0 Å². The van der Waals surface area contributed by atoms with Gasteiger partial charge in [0.25, 0.3) is 0 Å². The van der Waals surface area contributed by atoms with Gasteiger partial charge in [-0.05, 0) is 18.9 Å². The second-order valence-electron chi connectivity index (χ2n) is 5.01. The van der Waals surface area contributed by atoms with E-state index in [1.165, 1.54) is 0 Å². The molecule has 0 atom stereocenters. The molecule has 2 aromatic rings. The molecule has 2 amide bonds. The van der Waals surface area contributed by atoms with E-state index in [0.717, 1.165) is 11.3 Å². The first-order valence-electron chi connectivity index (χ1n) is 7.09. The third kappa shape index (κ3) is 3.69. The second-order valence-corrected chi connectivity index (χ2v) is 5.01. The lowest BCUT2D eigenvalue weighted by molar-refractivity contribution is 0.0349. The van der Waals surface area contributed by atoms with Crippen molar-refractivity contribution in [3.8, 4) is 0 Å². The molecular formula is C14H21N5O2. The summed E-state index contributed by atoms with van der Waals surface area (Å²) in [6.45, 7) is 4.37. The van der Waals surface area contributed by atoms with E-state index in [1.54, 1.807) is 29.0 Å². The lowest BCUT2D eigenvalue weighted by atomic mass is 9.98. The van der Waals surface area contributed by atoms with Crippen molar-refractivity contribution >= 4 is 11.7 Å². The molecular weight excluding hydrogens is 270 g/mol.